The smallest absolute Gasteiger partial charge is 0.406 e. The molecule has 2 aromatic carbocycles. The number of hydrogen-bond acceptors (Lipinski definition) is 3. The molecule has 0 spiro atoms. The van der Waals surface area contributed by atoms with Crippen LogP contribution in [0.3, 0.4) is 0 Å². The van der Waals surface area contributed by atoms with E-state index < -0.39 is 6.36 Å². The van der Waals surface area contributed by atoms with Crippen LogP contribution in [0.5, 0.6) is 5.75 Å². The molecule has 2 atom stereocenters. The highest BCUT2D eigenvalue weighted by Crippen LogP contribution is 2.46. The number of alkyl halides is 3. The summed E-state index contributed by atoms with van der Waals surface area (Å²) in [6.07, 6.45) is -1.40. The first-order valence-electron chi connectivity index (χ1n) is 11.0. The predicted octanol–water partition coefficient (Wildman–Crippen LogP) is 7.68. The molecule has 1 N–H and O–H groups in total. The molecule has 1 aliphatic carbocycles. The summed E-state index contributed by atoms with van der Waals surface area (Å²) in [5.41, 5.74) is 5.25. The molecule has 1 aliphatic rings. The van der Waals surface area contributed by atoms with Crippen LogP contribution in [-0.4, -0.2) is 15.9 Å². The van der Waals surface area contributed by atoms with Gasteiger partial charge in [0, 0.05) is 11.7 Å². The number of aryl methyl sites for hydroxylation is 2. The Hall–Kier alpha value is -2.70. The van der Waals surface area contributed by atoms with E-state index in [0.29, 0.717) is 17.6 Å². The van der Waals surface area contributed by atoms with Crippen LogP contribution in [0, 0.1) is 25.2 Å². The maximum absolute atomic E-state index is 12.5. The van der Waals surface area contributed by atoms with Crippen molar-refractivity contribution in [1.82, 2.24) is 9.55 Å². The highest BCUT2D eigenvalue weighted by Gasteiger charge is 2.35. The predicted molar refractivity (Wildman–Crippen MR) is 121 cm³/mol. The Morgan fingerprint density at radius 2 is 1.75 bits per heavy atom. The fourth-order valence-electron chi connectivity index (χ4n) is 5.22. The lowest BCUT2D eigenvalue weighted by atomic mass is 9.70. The SMILES string of the molecule is Cc1ccc2c(nc(Nc3ccc(OC(F)(F)F)cc3)n2[C@@H]2C[C@H](C)CC(C)(C)C2)c1C. The molecular formula is C25H30F3N3O. The summed E-state index contributed by atoms with van der Waals surface area (Å²) >= 11 is 0. The van der Waals surface area contributed by atoms with E-state index in [0.717, 1.165) is 29.4 Å². The first kappa shape index (κ1) is 22.5. The number of imidazole rings is 1. The van der Waals surface area contributed by atoms with Gasteiger partial charge in [-0.05, 0) is 85.9 Å². The van der Waals surface area contributed by atoms with Crippen molar-refractivity contribution < 1.29 is 17.9 Å². The Bertz CT molecular complexity index is 1120. The molecule has 0 bridgehead atoms. The summed E-state index contributed by atoms with van der Waals surface area (Å²) in [5, 5.41) is 3.35. The highest BCUT2D eigenvalue weighted by molar-refractivity contribution is 5.84. The van der Waals surface area contributed by atoms with Gasteiger partial charge in [-0.25, -0.2) is 4.98 Å². The van der Waals surface area contributed by atoms with Gasteiger partial charge in [-0.2, -0.15) is 0 Å². The molecule has 32 heavy (non-hydrogen) atoms. The number of benzene rings is 2. The molecule has 0 saturated heterocycles. The Morgan fingerprint density at radius 1 is 1.06 bits per heavy atom. The van der Waals surface area contributed by atoms with Crippen molar-refractivity contribution >= 4 is 22.7 Å². The number of ether oxygens (including phenoxy) is 1. The van der Waals surface area contributed by atoms with Crippen molar-refractivity contribution in [1.29, 1.82) is 0 Å². The average molecular weight is 446 g/mol. The van der Waals surface area contributed by atoms with Gasteiger partial charge in [0.05, 0.1) is 11.0 Å². The van der Waals surface area contributed by atoms with Gasteiger partial charge in [0.2, 0.25) is 5.95 Å². The Morgan fingerprint density at radius 3 is 2.38 bits per heavy atom. The fraction of sp³-hybridized carbons (Fsp3) is 0.480. The van der Waals surface area contributed by atoms with Crippen LogP contribution in [0.15, 0.2) is 36.4 Å². The van der Waals surface area contributed by atoms with Crippen LogP contribution in [0.2, 0.25) is 0 Å². The second-order valence-electron chi connectivity index (χ2n) is 9.94. The van der Waals surface area contributed by atoms with Gasteiger partial charge < -0.3 is 14.6 Å². The molecule has 0 aliphatic heterocycles. The third-order valence-corrected chi connectivity index (χ3v) is 6.46. The third-order valence-electron chi connectivity index (χ3n) is 6.46. The van der Waals surface area contributed by atoms with Gasteiger partial charge in [0.25, 0.3) is 0 Å². The van der Waals surface area contributed by atoms with Gasteiger partial charge in [-0.1, -0.05) is 26.8 Å². The zero-order valence-corrected chi connectivity index (χ0v) is 19.2. The maximum Gasteiger partial charge on any atom is 0.573 e. The molecule has 1 saturated carbocycles. The lowest BCUT2D eigenvalue weighted by molar-refractivity contribution is -0.274. The number of halogens is 3. The van der Waals surface area contributed by atoms with Crippen molar-refractivity contribution in [2.24, 2.45) is 11.3 Å². The van der Waals surface area contributed by atoms with Gasteiger partial charge in [-0.15, -0.1) is 13.2 Å². The zero-order chi connectivity index (χ0) is 23.3. The van der Waals surface area contributed by atoms with E-state index in [-0.39, 0.29) is 17.2 Å². The number of nitrogens with one attached hydrogen (secondary N) is 1. The van der Waals surface area contributed by atoms with Crippen LogP contribution in [0.4, 0.5) is 24.8 Å². The average Bonchev–Trinajstić information content (AvgIpc) is 3.02. The van der Waals surface area contributed by atoms with E-state index in [9.17, 15) is 13.2 Å². The number of rotatable bonds is 4. The zero-order valence-electron chi connectivity index (χ0n) is 19.2. The first-order chi connectivity index (χ1) is 14.9. The summed E-state index contributed by atoms with van der Waals surface area (Å²) in [4.78, 5) is 4.94. The minimum absolute atomic E-state index is 0.229. The molecule has 1 fully saturated rings. The quantitative estimate of drug-likeness (QED) is 0.448. The number of fused-ring (bicyclic) bond motifs is 1. The minimum atomic E-state index is -4.71. The molecule has 4 rings (SSSR count). The lowest BCUT2D eigenvalue weighted by Gasteiger charge is -2.40. The number of aromatic nitrogens is 2. The monoisotopic (exact) mass is 445 g/mol. The molecule has 0 unspecified atom stereocenters. The summed E-state index contributed by atoms with van der Waals surface area (Å²) in [6.45, 7) is 11.1. The second-order valence-corrected chi connectivity index (χ2v) is 9.94. The topological polar surface area (TPSA) is 39.1 Å². The minimum Gasteiger partial charge on any atom is -0.406 e. The summed E-state index contributed by atoms with van der Waals surface area (Å²) in [7, 11) is 0. The Kier molecular flexibility index (Phi) is 5.63. The molecule has 172 valence electrons. The fourth-order valence-corrected chi connectivity index (χ4v) is 5.22. The lowest BCUT2D eigenvalue weighted by Crippen LogP contribution is -2.29. The van der Waals surface area contributed by atoms with Crippen molar-refractivity contribution in [2.45, 2.75) is 66.3 Å². The molecule has 0 radical (unpaired) electrons. The van der Waals surface area contributed by atoms with Crippen molar-refractivity contribution in [2.75, 3.05) is 5.32 Å². The van der Waals surface area contributed by atoms with Crippen molar-refractivity contribution in [3.8, 4) is 5.75 Å². The van der Waals surface area contributed by atoms with Gasteiger partial charge >= 0.3 is 6.36 Å². The van der Waals surface area contributed by atoms with E-state index in [4.69, 9.17) is 4.98 Å². The van der Waals surface area contributed by atoms with Crippen LogP contribution in [-0.2, 0) is 0 Å². The normalized spacial score (nSPS) is 21.0. The van der Waals surface area contributed by atoms with E-state index in [2.05, 4.69) is 61.4 Å². The Balaban J connectivity index is 1.74. The maximum atomic E-state index is 12.5. The molecule has 1 heterocycles. The van der Waals surface area contributed by atoms with Crippen molar-refractivity contribution in [3.63, 3.8) is 0 Å². The molecule has 3 aromatic rings. The van der Waals surface area contributed by atoms with Crippen LogP contribution in [0.25, 0.3) is 11.0 Å². The van der Waals surface area contributed by atoms with Crippen LogP contribution >= 0.6 is 0 Å². The van der Waals surface area contributed by atoms with Gasteiger partial charge in [0.15, 0.2) is 0 Å². The molecular weight excluding hydrogens is 415 g/mol. The highest BCUT2D eigenvalue weighted by atomic mass is 19.4. The molecule has 0 amide bonds. The van der Waals surface area contributed by atoms with E-state index in [1.54, 1.807) is 12.1 Å². The molecule has 4 nitrogen and oxygen atoms in total. The Labute approximate surface area is 186 Å². The summed E-state index contributed by atoms with van der Waals surface area (Å²) in [5.74, 6) is 1.07. The van der Waals surface area contributed by atoms with Crippen LogP contribution < -0.4 is 10.1 Å². The number of nitrogens with zero attached hydrogens (tertiary/aromatic N) is 2. The summed E-state index contributed by atoms with van der Waals surface area (Å²) in [6, 6.07) is 10.3. The third kappa shape index (κ3) is 4.71. The summed E-state index contributed by atoms with van der Waals surface area (Å²) < 4.78 is 43.7. The van der Waals surface area contributed by atoms with Crippen LogP contribution in [0.1, 0.15) is 57.2 Å². The second kappa shape index (κ2) is 8.01. The van der Waals surface area contributed by atoms with E-state index in [1.807, 2.05) is 0 Å². The first-order valence-corrected chi connectivity index (χ1v) is 11.0. The van der Waals surface area contributed by atoms with Gasteiger partial charge in [0.1, 0.15) is 5.75 Å². The largest absolute Gasteiger partial charge is 0.573 e. The van der Waals surface area contributed by atoms with Gasteiger partial charge in [-0.3, -0.25) is 0 Å². The molecule has 7 heteroatoms. The van der Waals surface area contributed by atoms with Crippen molar-refractivity contribution in [3.05, 3.63) is 47.5 Å². The standard InChI is InChI=1S/C25H30F3N3O/c1-15-12-19(14-24(4,5)13-15)31-21-11-6-16(2)17(3)22(21)30-23(31)29-18-7-9-20(10-8-18)32-25(26,27)28/h6-11,15,19H,12-14H2,1-5H3,(H,29,30)/t15-,19+/m0/s1. The van der Waals surface area contributed by atoms with E-state index in [1.165, 1.54) is 24.1 Å². The number of anilines is 2. The number of hydrogen-bond donors (Lipinski definition) is 1. The van der Waals surface area contributed by atoms with E-state index >= 15 is 0 Å². The molecule has 1 aromatic heterocycles.